The lowest BCUT2D eigenvalue weighted by Crippen LogP contribution is -2.41. The van der Waals surface area contributed by atoms with E-state index in [2.05, 4.69) is 42.7 Å². The first kappa shape index (κ1) is 14.4. The zero-order chi connectivity index (χ0) is 14.9. The molecule has 1 saturated carbocycles. The molecule has 1 aliphatic carbocycles. The van der Waals surface area contributed by atoms with Crippen molar-refractivity contribution in [2.24, 2.45) is 5.41 Å². The van der Waals surface area contributed by atoms with Gasteiger partial charge in [0, 0.05) is 30.6 Å². The van der Waals surface area contributed by atoms with Gasteiger partial charge in [0.25, 0.3) is 0 Å². The molecule has 1 fully saturated rings. The molecule has 114 valence electrons. The first-order chi connectivity index (χ1) is 10.0. The molecule has 1 aliphatic heterocycles. The van der Waals surface area contributed by atoms with E-state index in [1.165, 1.54) is 24.1 Å². The lowest BCUT2D eigenvalue weighted by Gasteiger charge is -2.35. The van der Waals surface area contributed by atoms with Crippen molar-refractivity contribution in [2.45, 2.75) is 57.9 Å². The van der Waals surface area contributed by atoms with Gasteiger partial charge in [0.1, 0.15) is 0 Å². The maximum Gasteiger partial charge on any atom is 0.220 e. The largest absolute Gasteiger partial charge is 0.384 e. The monoisotopic (exact) mass is 286 g/mol. The quantitative estimate of drug-likeness (QED) is 0.890. The Hall–Kier alpha value is -1.51. The maximum atomic E-state index is 12.3. The van der Waals surface area contributed by atoms with Crippen LogP contribution >= 0.6 is 0 Å². The summed E-state index contributed by atoms with van der Waals surface area (Å²) in [5.74, 6) is 0.527. The van der Waals surface area contributed by atoms with Gasteiger partial charge < -0.3 is 10.6 Å². The van der Waals surface area contributed by atoms with Crippen molar-refractivity contribution in [3.63, 3.8) is 0 Å². The number of hydrogen-bond acceptors (Lipinski definition) is 2. The molecule has 1 aromatic rings. The lowest BCUT2D eigenvalue weighted by molar-refractivity contribution is -0.122. The number of carbonyl (C=O) groups is 1. The summed E-state index contributed by atoms with van der Waals surface area (Å²) in [4.78, 5) is 12.3. The van der Waals surface area contributed by atoms with Gasteiger partial charge in [-0.25, -0.2) is 0 Å². The van der Waals surface area contributed by atoms with Crippen LogP contribution in [0.4, 0.5) is 5.69 Å². The molecule has 3 rings (SSSR count). The van der Waals surface area contributed by atoms with E-state index in [1.807, 2.05) is 6.07 Å². The van der Waals surface area contributed by atoms with Crippen molar-refractivity contribution < 1.29 is 4.79 Å². The number of fused-ring (bicyclic) bond motifs is 1. The fraction of sp³-hybridized carbons (Fsp3) is 0.611. The van der Waals surface area contributed by atoms with Crippen molar-refractivity contribution in [1.29, 1.82) is 0 Å². The Labute approximate surface area is 127 Å². The fourth-order valence-corrected chi connectivity index (χ4v) is 3.87. The summed E-state index contributed by atoms with van der Waals surface area (Å²) in [7, 11) is 0. The highest BCUT2D eigenvalue weighted by Crippen LogP contribution is 2.36. The molecule has 1 amide bonds. The number of hydrogen-bond donors (Lipinski definition) is 2. The minimum atomic E-state index is 0.209. The van der Waals surface area contributed by atoms with E-state index in [9.17, 15) is 4.79 Å². The van der Waals surface area contributed by atoms with Crippen LogP contribution in [0.1, 0.15) is 57.4 Å². The van der Waals surface area contributed by atoms with Crippen molar-refractivity contribution in [1.82, 2.24) is 5.32 Å². The van der Waals surface area contributed by atoms with Crippen LogP contribution in [0.5, 0.6) is 0 Å². The first-order valence-electron chi connectivity index (χ1n) is 8.16. The molecule has 2 unspecified atom stereocenters. The number of carbonyl (C=O) groups excluding carboxylic acids is 1. The molecule has 1 heterocycles. The number of rotatable bonds is 3. The van der Waals surface area contributed by atoms with Crippen LogP contribution in [-0.4, -0.2) is 18.5 Å². The van der Waals surface area contributed by atoms with Gasteiger partial charge in [0.2, 0.25) is 5.91 Å². The molecule has 1 aromatic carbocycles. The average Bonchev–Trinajstić information content (AvgIpc) is 2.81. The van der Waals surface area contributed by atoms with Crippen molar-refractivity contribution in [3.8, 4) is 0 Å². The Bertz CT molecular complexity index is 524. The Morgan fingerprint density at radius 1 is 1.38 bits per heavy atom. The van der Waals surface area contributed by atoms with Gasteiger partial charge in [-0.2, -0.15) is 0 Å². The molecule has 0 bridgehead atoms. The molecule has 2 aliphatic rings. The Balaban J connectivity index is 1.56. The normalized spacial score (nSPS) is 26.8. The highest BCUT2D eigenvalue weighted by molar-refractivity contribution is 5.78. The molecule has 2 N–H and O–H groups in total. The van der Waals surface area contributed by atoms with E-state index in [1.54, 1.807) is 0 Å². The lowest BCUT2D eigenvalue weighted by atomic mass is 9.75. The van der Waals surface area contributed by atoms with E-state index in [4.69, 9.17) is 0 Å². The van der Waals surface area contributed by atoms with Gasteiger partial charge in [0.05, 0.1) is 0 Å². The van der Waals surface area contributed by atoms with Crippen LogP contribution in [0, 0.1) is 5.41 Å². The van der Waals surface area contributed by atoms with Crippen LogP contribution in [0.15, 0.2) is 24.3 Å². The van der Waals surface area contributed by atoms with E-state index >= 15 is 0 Å². The topological polar surface area (TPSA) is 41.1 Å². The van der Waals surface area contributed by atoms with E-state index < -0.39 is 0 Å². The Morgan fingerprint density at radius 2 is 2.19 bits per heavy atom. The van der Waals surface area contributed by atoms with Crippen LogP contribution in [0.2, 0.25) is 0 Å². The summed E-state index contributed by atoms with van der Waals surface area (Å²) in [6, 6.07) is 8.69. The molecule has 0 radical (unpaired) electrons. The van der Waals surface area contributed by atoms with Crippen LogP contribution in [-0.2, 0) is 4.79 Å². The molecule has 0 spiro atoms. The average molecular weight is 286 g/mol. The minimum Gasteiger partial charge on any atom is -0.384 e. The van der Waals surface area contributed by atoms with Crippen molar-refractivity contribution in [3.05, 3.63) is 29.8 Å². The number of para-hydroxylation sites is 1. The number of amides is 1. The summed E-state index contributed by atoms with van der Waals surface area (Å²) >= 11 is 0. The Morgan fingerprint density at radius 3 is 3.00 bits per heavy atom. The van der Waals surface area contributed by atoms with Crippen molar-refractivity contribution >= 4 is 11.6 Å². The predicted molar refractivity (Wildman–Crippen MR) is 86.5 cm³/mol. The molecule has 0 saturated heterocycles. The second-order valence-corrected chi connectivity index (χ2v) is 7.39. The second kappa shape index (κ2) is 5.70. The third kappa shape index (κ3) is 3.39. The number of benzene rings is 1. The van der Waals surface area contributed by atoms with Crippen LogP contribution < -0.4 is 10.6 Å². The van der Waals surface area contributed by atoms with Gasteiger partial charge in [-0.3, -0.25) is 4.79 Å². The third-order valence-corrected chi connectivity index (χ3v) is 4.94. The number of nitrogens with one attached hydrogen (secondary N) is 2. The van der Waals surface area contributed by atoms with Crippen LogP contribution in [0.3, 0.4) is 0 Å². The highest BCUT2D eigenvalue weighted by atomic mass is 16.1. The smallest absolute Gasteiger partial charge is 0.220 e. The zero-order valence-corrected chi connectivity index (χ0v) is 13.1. The summed E-state index contributed by atoms with van der Waals surface area (Å²) in [5.41, 5.74) is 2.85. The maximum absolute atomic E-state index is 12.3. The van der Waals surface area contributed by atoms with E-state index in [-0.39, 0.29) is 5.91 Å². The molecule has 21 heavy (non-hydrogen) atoms. The van der Waals surface area contributed by atoms with E-state index in [0.717, 1.165) is 19.4 Å². The van der Waals surface area contributed by atoms with Gasteiger partial charge in [-0.1, -0.05) is 38.5 Å². The van der Waals surface area contributed by atoms with Gasteiger partial charge in [0.15, 0.2) is 0 Å². The zero-order valence-electron chi connectivity index (χ0n) is 13.1. The van der Waals surface area contributed by atoms with Gasteiger partial charge in [-0.05, 0) is 36.3 Å². The fourth-order valence-electron chi connectivity index (χ4n) is 3.87. The molecule has 3 nitrogen and oxygen atoms in total. The van der Waals surface area contributed by atoms with Gasteiger partial charge >= 0.3 is 0 Å². The predicted octanol–water partition coefficient (Wildman–Crippen LogP) is 3.67. The van der Waals surface area contributed by atoms with Crippen LogP contribution in [0.25, 0.3) is 0 Å². The summed E-state index contributed by atoms with van der Waals surface area (Å²) < 4.78 is 0. The highest BCUT2D eigenvalue weighted by Gasteiger charge is 2.30. The standard InChI is InChI=1S/C18H26N2O/c1-18(2)9-5-6-14(11-18)20-17(21)10-13-12-19-16-8-4-3-7-15(13)16/h3-4,7-8,13-14,19H,5-6,9-12H2,1-2H3,(H,20,21). The molecular weight excluding hydrogens is 260 g/mol. The SMILES string of the molecule is CC1(C)CCCC(NC(=O)CC2CNc3ccccc32)C1. The van der Waals surface area contributed by atoms with Gasteiger partial charge in [-0.15, -0.1) is 0 Å². The number of anilines is 1. The second-order valence-electron chi connectivity index (χ2n) is 7.39. The molecule has 2 atom stereocenters. The summed E-state index contributed by atoms with van der Waals surface area (Å²) in [5, 5.41) is 6.66. The molecular formula is C18H26N2O. The third-order valence-electron chi connectivity index (χ3n) is 4.94. The first-order valence-corrected chi connectivity index (χ1v) is 8.16. The summed E-state index contributed by atoms with van der Waals surface area (Å²) in [6.07, 6.45) is 5.35. The molecule has 3 heteroatoms. The minimum absolute atomic E-state index is 0.209. The summed E-state index contributed by atoms with van der Waals surface area (Å²) in [6.45, 7) is 5.49. The van der Waals surface area contributed by atoms with E-state index in [0.29, 0.717) is 23.8 Å². The van der Waals surface area contributed by atoms with Crippen molar-refractivity contribution in [2.75, 3.05) is 11.9 Å². The molecule has 0 aromatic heterocycles. The Kier molecular flexibility index (Phi) is 3.92.